The smallest absolute Gasteiger partial charge is 0.250 e. The Kier molecular flexibility index (Phi) is 5.08. The first-order valence-corrected chi connectivity index (χ1v) is 7.85. The van der Waals surface area contributed by atoms with Gasteiger partial charge in [-0.2, -0.15) is 0 Å². The van der Waals surface area contributed by atoms with Crippen molar-refractivity contribution in [2.45, 2.75) is 38.0 Å². The standard InChI is InChI=1S/C14H20N2O3S/c1-5-10(4)13-11(16-14(17)9(2)3)7-6-8-12(13)20(15,18)19/h6-8,10H,2,5H2,1,3-4H3,(H,16,17)(H2,15,18,19). The highest BCUT2D eigenvalue weighted by molar-refractivity contribution is 7.89. The molecule has 0 aliphatic rings. The Morgan fingerprint density at radius 2 is 2.05 bits per heavy atom. The topological polar surface area (TPSA) is 89.3 Å². The van der Waals surface area contributed by atoms with Gasteiger partial charge in [-0.15, -0.1) is 0 Å². The van der Waals surface area contributed by atoms with Gasteiger partial charge in [-0.25, -0.2) is 13.6 Å². The molecule has 0 bridgehead atoms. The molecule has 1 unspecified atom stereocenters. The van der Waals surface area contributed by atoms with Crippen LogP contribution in [-0.2, 0) is 14.8 Å². The molecule has 1 aromatic rings. The number of hydrogen-bond acceptors (Lipinski definition) is 3. The molecule has 0 fully saturated rings. The summed E-state index contributed by atoms with van der Waals surface area (Å²) in [6.07, 6.45) is 0.725. The largest absolute Gasteiger partial charge is 0.322 e. The van der Waals surface area contributed by atoms with Crippen molar-refractivity contribution in [2.24, 2.45) is 5.14 Å². The molecule has 0 aliphatic carbocycles. The molecule has 1 amide bonds. The highest BCUT2D eigenvalue weighted by Gasteiger charge is 2.21. The van der Waals surface area contributed by atoms with Gasteiger partial charge in [-0.3, -0.25) is 4.79 Å². The molecule has 0 aromatic heterocycles. The fraction of sp³-hybridized carbons (Fsp3) is 0.357. The quantitative estimate of drug-likeness (QED) is 0.817. The molecule has 0 saturated heterocycles. The SMILES string of the molecule is C=C(C)C(=O)Nc1cccc(S(N)(=O)=O)c1C(C)CC. The Bertz CT molecular complexity index is 636. The summed E-state index contributed by atoms with van der Waals surface area (Å²) in [4.78, 5) is 11.8. The van der Waals surface area contributed by atoms with E-state index in [1.165, 1.54) is 6.07 Å². The lowest BCUT2D eigenvalue weighted by Gasteiger charge is -2.19. The van der Waals surface area contributed by atoms with Crippen molar-refractivity contribution in [3.05, 3.63) is 35.9 Å². The molecular formula is C14H20N2O3S. The van der Waals surface area contributed by atoms with E-state index in [1.54, 1.807) is 19.1 Å². The lowest BCUT2D eigenvalue weighted by atomic mass is 9.96. The predicted molar refractivity (Wildman–Crippen MR) is 80.0 cm³/mol. The number of hydrogen-bond donors (Lipinski definition) is 2. The Hall–Kier alpha value is -1.66. The number of anilines is 1. The van der Waals surface area contributed by atoms with Crippen LogP contribution < -0.4 is 10.5 Å². The van der Waals surface area contributed by atoms with Crippen molar-refractivity contribution in [2.75, 3.05) is 5.32 Å². The number of benzene rings is 1. The molecule has 3 N–H and O–H groups in total. The molecule has 5 nitrogen and oxygen atoms in total. The fourth-order valence-electron chi connectivity index (χ4n) is 1.84. The summed E-state index contributed by atoms with van der Waals surface area (Å²) in [5, 5.41) is 7.93. The number of carbonyl (C=O) groups excluding carboxylic acids is 1. The molecule has 0 heterocycles. The van der Waals surface area contributed by atoms with Crippen LogP contribution in [0.25, 0.3) is 0 Å². The average Bonchev–Trinajstić information content (AvgIpc) is 2.36. The summed E-state index contributed by atoms with van der Waals surface area (Å²) in [5.74, 6) is -0.397. The Morgan fingerprint density at radius 1 is 1.45 bits per heavy atom. The molecule has 0 aliphatic heterocycles. The summed E-state index contributed by atoms with van der Waals surface area (Å²) in [5.41, 5.74) is 1.34. The van der Waals surface area contributed by atoms with Crippen LogP contribution in [0.15, 0.2) is 35.2 Å². The number of nitrogens with two attached hydrogens (primary N) is 1. The van der Waals surface area contributed by atoms with Crippen molar-refractivity contribution in [1.29, 1.82) is 0 Å². The van der Waals surface area contributed by atoms with Crippen LogP contribution in [0.1, 0.15) is 38.7 Å². The number of carbonyl (C=O) groups is 1. The number of sulfonamides is 1. The molecule has 1 aromatic carbocycles. The molecule has 0 spiro atoms. The minimum atomic E-state index is -3.84. The fourth-order valence-corrected chi connectivity index (χ4v) is 2.73. The molecule has 110 valence electrons. The van der Waals surface area contributed by atoms with Crippen molar-refractivity contribution >= 4 is 21.6 Å². The summed E-state index contributed by atoms with van der Waals surface area (Å²) < 4.78 is 23.4. The zero-order valence-corrected chi connectivity index (χ0v) is 12.8. The minimum Gasteiger partial charge on any atom is -0.322 e. The Morgan fingerprint density at radius 3 is 2.50 bits per heavy atom. The van der Waals surface area contributed by atoms with E-state index < -0.39 is 10.0 Å². The first-order chi connectivity index (χ1) is 9.18. The second-order valence-corrected chi connectivity index (χ2v) is 6.34. The summed E-state index contributed by atoms with van der Waals surface area (Å²) in [7, 11) is -3.84. The summed E-state index contributed by atoms with van der Waals surface area (Å²) in [6, 6.07) is 4.67. The molecule has 1 rings (SSSR count). The molecule has 6 heteroatoms. The molecule has 1 atom stereocenters. The lowest BCUT2D eigenvalue weighted by Crippen LogP contribution is -2.19. The van der Waals surface area contributed by atoms with Gasteiger partial charge < -0.3 is 5.32 Å². The van der Waals surface area contributed by atoms with Gasteiger partial charge in [0.15, 0.2) is 0 Å². The predicted octanol–water partition coefficient (Wildman–Crippen LogP) is 2.36. The van der Waals surface area contributed by atoms with E-state index in [0.717, 1.165) is 6.42 Å². The number of nitrogens with one attached hydrogen (secondary N) is 1. The van der Waals surface area contributed by atoms with E-state index in [0.29, 0.717) is 16.8 Å². The van der Waals surface area contributed by atoms with Crippen LogP contribution in [-0.4, -0.2) is 14.3 Å². The third-order valence-corrected chi connectivity index (χ3v) is 4.08. The van der Waals surface area contributed by atoms with E-state index in [9.17, 15) is 13.2 Å². The van der Waals surface area contributed by atoms with Crippen LogP contribution in [0.3, 0.4) is 0 Å². The average molecular weight is 296 g/mol. The van der Waals surface area contributed by atoms with Gasteiger partial charge in [0.1, 0.15) is 0 Å². The van der Waals surface area contributed by atoms with E-state index in [1.807, 2.05) is 13.8 Å². The maximum absolute atomic E-state index is 11.7. The van der Waals surface area contributed by atoms with Crippen LogP contribution in [0.4, 0.5) is 5.69 Å². The zero-order chi connectivity index (χ0) is 15.5. The van der Waals surface area contributed by atoms with E-state index in [-0.39, 0.29) is 16.7 Å². The van der Waals surface area contributed by atoms with Crippen LogP contribution >= 0.6 is 0 Å². The van der Waals surface area contributed by atoms with Crippen molar-refractivity contribution in [3.8, 4) is 0 Å². The van der Waals surface area contributed by atoms with Crippen molar-refractivity contribution < 1.29 is 13.2 Å². The van der Waals surface area contributed by atoms with Crippen LogP contribution in [0.2, 0.25) is 0 Å². The van der Waals surface area contributed by atoms with Gasteiger partial charge in [0.25, 0.3) is 5.91 Å². The third-order valence-electron chi connectivity index (χ3n) is 3.11. The maximum atomic E-state index is 11.7. The second kappa shape index (κ2) is 6.19. The van der Waals surface area contributed by atoms with E-state index in [2.05, 4.69) is 11.9 Å². The van der Waals surface area contributed by atoms with E-state index >= 15 is 0 Å². The van der Waals surface area contributed by atoms with Gasteiger partial charge in [-0.1, -0.05) is 26.5 Å². The first-order valence-electron chi connectivity index (χ1n) is 6.31. The minimum absolute atomic E-state index is 0.0476. The highest BCUT2D eigenvalue weighted by atomic mass is 32.2. The van der Waals surface area contributed by atoms with Gasteiger partial charge in [0.05, 0.1) is 4.90 Å². The van der Waals surface area contributed by atoms with Gasteiger partial charge in [0.2, 0.25) is 10.0 Å². The maximum Gasteiger partial charge on any atom is 0.250 e. The molecule has 0 radical (unpaired) electrons. The third kappa shape index (κ3) is 3.68. The second-order valence-electron chi connectivity index (χ2n) is 4.81. The molecule has 20 heavy (non-hydrogen) atoms. The van der Waals surface area contributed by atoms with Gasteiger partial charge in [0, 0.05) is 11.3 Å². The number of primary sulfonamides is 1. The Labute approximate surface area is 119 Å². The van der Waals surface area contributed by atoms with Gasteiger partial charge in [-0.05, 0) is 37.0 Å². The first kappa shape index (κ1) is 16.4. The number of rotatable bonds is 5. The molecule has 0 saturated carbocycles. The van der Waals surface area contributed by atoms with Crippen LogP contribution in [0, 0.1) is 0 Å². The summed E-state index contributed by atoms with van der Waals surface area (Å²) >= 11 is 0. The van der Waals surface area contributed by atoms with Gasteiger partial charge >= 0.3 is 0 Å². The van der Waals surface area contributed by atoms with E-state index in [4.69, 9.17) is 5.14 Å². The highest BCUT2D eigenvalue weighted by Crippen LogP contribution is 2.32. The van der Waals surface area contributed by atoms with Crippen molar-refractivity contribution in [1.82, 2.24) is 0 Å². The normalized spacial score (nSPS) is 12.8. The van der Waals surface area contributed by atoms with Crippen molar-refractivity contribution in [3.63, 3.8) is 0 Å². The number of amides is 1. The zero-order valence-electron chi connectivity index (χ0n) is 11.9. The lowest BCUT2D eigenvalue weighted by molar-refractivity contribution is -0.112. The Balaban J connectivity index is 3.45. The monoisotopic (exact) mass is 296 g/mol. The summed E-state index contributed by atoms with van der Waals surface area (Å²) in [6.45, 7) is 8.98. The molecular weight excluding hydrogens is 276 g/mol. The van der Waals surface area contributed by atoms with Crippen LogP contribution in [0.5, 0.6) is 0 Å².